The molecule has 2 heteroatoms. The molecule has 0 amide bonds. The normalized spacial score (nSPS) is 12.5. The van der Waals surface area contributed by atoms with Crippen molar-refractivity contribution < 1.29 is 0 Å². The third kappa shape index (κ3) is 4.65. The van der Waals surface area contributed by atoms with E-state index in [-0.39, 0.29) is 0 Å². The molecule has 7 aromatic carbocycles. The Balaban J connectivity index is 1.19. The second kappa shape index (κ2) is 11.2. The Labute approximate surface area is 273 Å². The van der Waals surface area contributed by atoms with Crippen LogP contribution in [0.3, 0.4) is 0 Å². The van der Waals surface area contributed by atoms with Gasteiger partial charge in [-0.15, -0.1) is 0 Å². The van der Waals surface area contributed by atoms with Crippen LogP contribution in [-0.4, -0.2) is 4.57 Å². The van der Waals surface area contributed by atoms with Crippen LogP contribution in [0.5, 0.6) is 0 Å². The van der Waals surface area contributed by atoms with E-state index in [1.54, 1.807) is 0 Å². The minimum atomic E-state index is 0.992. The van der Waals surface area contributed by atoms with Crippen molar-refractivity contribution in [2.75, 3.05) is 0 Å². The quantitative estimate of drug-likeness (QED) is 0.193. The lowest BCUT2D eigenvalue weighted by Gasteiger charge is -2.16. The van der Waals surface area contributed by atoms with E-state index in [9.17, 15) is 0 Å². The fraction of sp³-hybridized carbons (Fsp3) is 0.0455. The molecule has 0 atom stereocenters. The third-order valence-corrected chi connectivity index (χ3v) is 10.4. The van der Waals surface area contributed by atoms with Crippen molar-refractivity contribution in [3.63, 3.8) is 0 Å². The van der Waals surface area contributed by atoms with E-state index >= 15 is 0 Å². The number of hydrogen-bond acceptors (Lipinski definition) is 1. The molecule has 2 heterocycles. The smallest absolute Gasteiger partial charge is 0.0541 e. The van der Waals surface area contributed by atoms with Gasteiger partial charge in [-0.1, -0.05) is 115 Å². The van der Waals surface area contributed by atoms with E-state index in [1.165, 1.54) is 83.1 Å². The van der Waals surface area contributed by atoms with Crippen molar-refractivity contribution >= 4 is 33.6 Å². The van der Waals surface area contributed by atoms with Gasteiger partial charge in [0.05, 0.1) is 11.0 Å². The van der Waals surface area contributed by atoms with E-state index < -0.39 is 0 Å². The molecule has 0 radical (unpaired) electrons. The summed E-state index contributed by atoms with van der Waals surface area (Å²) in [6.07, 6.45) is 0. The van der Waals surface area contributed by atoms with Crippen molar-refractivity contribution in [1.29, 1.82) is 0 Å². The highest BCUT2D eigenvalue weighted by atomic mass is 32.2. The monoisotopic (exact) mass is 605 g/mol. The zero-order valence-corrected chi connectivity index (χ0v) is 26.2. The van der Waals surface area contributed by atoms with Crippen LogP contribution in [0.15, 0.2) is 164 Å². The Bertz CT molecular complexity index is 2270. The topological polar surface area (TPSA) is 4.93 Å². The Morgan fingerprint density at radius 1 is 0.370 bits per heavy atom. The molecule has 0 bridgehead atoms. The summed E-state index contributed by atoms with van der Waals surface area (Å²) in [5.74, 6) is 2.00. The van der Waals surface area contributed by atoms with Crippen LogP contribution in [0.25, 0.3) is 72.0 Å². The highest BCUT2D eigenvalue weighted by molar-refractivity contribution is 7.97. The van der Waals surface area contributed by atoms with Crippen LogP contribution < -0.4 is 0 Å². The van der Waals surface area contributed by atoms with Gasteiger partial charge in [0.2, 0.25) is 0 Å². The van der Waals surface area contributed by atoms with Crippen molar-refractivity contribution in [3.8, 4) is 50.2 Å². The molecule has 46 heavy (non-hydrogen) atoms. The predicted octanol–water partition coefficient (Wildman–Crippen LogP) is 12.2. The summed E-state index contributed by atoms with van der Waals surface area (Å²) in [6.45, 7) is 0. The maximum atomic E-state index is 2.43. The van der Waals surface area contributed by atoms with E-state index in [0.717, 1.165) is 11.5 Å². The van der Waals surface area contributed by atoms with Gasteiger partial charge >= 0.3 is 0 Å². The van der Waals surface area contributed by atoms with Crippen molar-refractivity contribution in [2.45, 2.75) is 11.5 Å². The molecule has 0 spiro atoms. The molecule has 1 aliphatic heterocycles. The number of fused-ring (bicyclic) bond motifs is 6. The molecular weight excluding hydrogens is 575 g/mol. The summed E-state index contributed by atoms with van der Waals surface area (Å²) >= 11 is 2.01. The molecular formula is C44H31NS. The molecule has 9 rings (SSSR count). The maximum Gasteiger partial charge on any atom is 0.0541 e. The molecule has 0 fully saturated rings. The SMILES string of the molecule is c1ccc(-c2cc(-c3ccccc3)cc(-c3ccc4c(c3)-c3ccc(-n5c6ccccc6c6ccccc65)cc3CSC4)c2)cc1. The van der Waals surface area contributed by atoms with Crippen LogP contribution >= 0.6 is 11.8 Å². The van der Waals surface area contributed by atoms with Crippen LogP contribution in [-0.2, 0) is 11.5 Å². The minimum absolute atomic E-state index is 0.992. The zero-order valence-electron chi connectivity index (χ0n) is 25.4. The standard InChI is InChI=1S/C44H31NS/c1-3-11-30(12-4-1)34-23-35(31-13-5-2-6-14-31)25-36(24-34)32-19-20-33-28-46-29-37-26-38(21-22-39(37)42(33)27-32)45-43-17-9-7-15-40(43)41-16-8-10-18-44(41)45/h1-27H,28-29H2. The van der Waals surface area contributed by atoms with E-state index in [4.69, 9.17) is 0 Å². The van der Waals surface area contributed by atoms with Gasteiger partial charge in [0.1, 0.15) is 0 Å². The second-order valence-electron chi connectivity index (χ2n) is 12.1. The molecule has 0 saturated carbocycles. The minimum Gasteiger partial charge on any atom is -0.309 e. The summed E-state index contributed by atoms with van der Waals surface area (Å²) in [6, 6.07) is 60.2. The summed E-state index contributed by atoms with van der Waals surface area (Å²) < 4.78 is 2.43. The Morgan fingerprint density at radius 2 is 0.913 bits per heavy atom. The molecule has 8 aromatic rings. The molecule has 0 unspecified atom stereocenters. The lowest BCUT2D eigenvalue weighted by Crippen LogP contribution is -1.97. The van der Waals surface area contributed by atoms with E-state index in [0.29, 0.717) is 0 Å². The second-order valence-corrected chi connectivity index (χ2v) is 13.1. The number of rotatable bonds is 4. The first-order valence-corrected chi connectivity index (χ1v) is 17.0. The van der Waals surface area contributed by atoms with E-state index in [1.807, 2.05) is 11.8 Å². The summed E-state index contributed by atoms with van der Waals surface area (Å²) in [5, 5.41) is 2.59. The molecule has 0 N–H and O–H groups in total. The number of nitrogens with zero attached hydrogens (tertiary/aromatic N) is 1. The van der Waals surface area contributed by atoms with Crippen LogP contribution in [0, 0.1) is 0 Å². The number of aromatic nitrogens is 1. The summed E-state index contributed by atoms with van der Waals surface area (Å²) in [5.41, 5.74) is 16.6. The molecule has 1 aromatic heterocycles. The van der Waals surface area contributed by atoms with Crippen molar-refractivity contribution in [2.24, 2.45) is 0 Å². The van der Waals surface area contributed by atoms with Gasteiger partial charge < -0.3 is 4.57 Å². The van der Waals surface area contributed by atoms with Crippen LogP contribution in [0.2, 0.25) is 0 Å². The number of thioether (sulfide) groups is 1. The molecule has 1 aliphatic rings. The molecule has 0 aliphatic carbocycles. The lowest BCUT2D eigenvalue weighted by atomic mass is 9.90. The Morgan fingerprint density at radius 3 is 1.54 bits per heavy atom. The van der Waals surface area contributed by atoms with Gasteiger partial charge in [-0.25, -0.2) is 0 Å². The van der Waals surface area contributed by atoms with E-state index in [2.05, 4.69) is 168 Å². The van der Waals surface area contributed by atoms with Gasteiger partial charge in [0, 0.05) is 28.0 Å². The average Bonchev–Trinajstić information content (AvgIpc) is 3.35. The molecule has 0 saturated heterocycles. The Hall–Kier alpha value is -5.31. The third-order valence-electron chi connectivity index (χ3n) is 9.32. The van der Waals surface area contributed by atoms with Crippen LogP contribution in [0.4, 0.5) is 0 Å². The summed E-state index contributed by atoms with van der Waals surface area (Å²) in [4.78, 5) is 0. The largest absolute Gasteiger partial charge is 0.309 e. The van der Waals surface area contributed by atoms with Gasteiger partial charge in [-0.2, -0.15) is 11.8 Å². The number of para-hydroxylation sites is 2. The van der Waals surface area contributed by atoms with Crippen molar-refractivity contribution in [3.05, 3.63) is 175 Å². The molecule has 218 valence electrons. The highest BCUT2D eigenvalue weighted by Gasteiger charge is 2.19. The number of benzene rings is 7. The first-order chi connectivity index (χ1) is 22.8. The van der Waals surface area contributed by atoms with Crippen LogP contribution in [0.1, 0.15) is 11.1 Å². The van der Waals surface area contributed by atoms with Gasteiger partial charge in [0.15, 0.2) is 0 Å². The number of hydrogen-bond donors (Lipinski definition) is 0. The summed E-state index contributed by atoms with van der Waals surface area (Å²) in [7, 11) is 0. The van der Waals surface area contributed by atoms with Gasteiger partial charge in [-0.3, -0.25) is 0 Å². The maximum absolute atomic E-state index is 2.43. The fourth-order valence-corrected chi connectivity index (χ4v) is 8.13. The van der Waals surface area contributed by atoms with Gasteiger partial charge in [-0.05, 0) is 104 Å². The predicted molar refractivity (Wildman–Crippen MR) is 198 cm³/mol. The Kier molecular flexibility index (Phi) is 6.61. The lowest BCUT2D eigenvalue weighted by molar-refractivity contribution is 1.17. The van der Waals surface area contributed by atoms with Crippen molar-refractivity contribution in [1.82, 2.24) is 4.57 Å². The molecule has 1 nitrogen and oxygen atoms in total. The first kappa shape index (κ1) is 27.0. The first-order valence-electron chi connectivity index (χ1n) is 15.9. The van der Waals surface area contributed by atoms with Gasteiger partial charge in [0.25, 0.3) is 0 Å². The zero-order chi connectivity index (χ0) is 30.5. The highest BCUT2D eigenvalue weighted by Crippen LogP contribution is 2.41. The fourth-order valence-electron chi connectivity index (χ4n) is 7.09. The average molecular weight is 606 g/mol.